The molecule has 1 unspecified atom stereocenters. The van der Waals surface area contributed by atoms with Crippen LogP contribution in [0, 0.1) is 6.92 Å². The van der Waals surface area contributed by atoms with Crippen LogP contribution in [0.25, 0.3) is 0 Å². The number of aromatic nitrogens is 2. The summed E-state index contributed by atoms with van der Waals surface area (Å²) in [6.45, 7) is 4.20. The van der Waals surface area contributed by atoms with Gasteiger partial charge in [0.1, 0.15) is 43.9 Å². The van der Waals surface area contributed by atoms with Crippen molar-refractivity contribution in [1.82, 2.24) is 4.57 Å². The number of aryl methyl sites for hydroxylation is 1. The van der Waals surface area contributed by atoms with Gasteiger partial charge in [0.2, 0.25) is 6.33 Å². The van der Waals surface area contributed by atoms with Crippen LogP contribution in [0.2, 0.25) is 20.1 Å². The van der Waals surface area contributed by atoms with Crippen LogP contribution >= 0.6 is 46.4 Å². The van der Waals surface area contributed by atoms with Gasteiger partial charge in [0.25, 0.3) is 0 Å². The second-order valence-corrected chi connectivity index (χ2v) is 9.90. The molecule has 0 aliphatic rings. The molecule has 0 N–H and O–H groups in total. The number of hydrogen-bond acceptors (Lipinski definition) is 2. The molecule has 0 spiro atoms. The first-order chi connectivity index (χ1) is 16.9. The molecular weight excluding hydrogens is 606 g/mol. The van der Waals surface area contributed by atoms with Crippen LogP contribution in [0.5, 0.6) is 5.75 Å². The standard InChI is InChI=1S/C27H25Cl4N2O2.BrH/c1-19-3-2-4-23(13-19)34-12-11-32-9-10-33(18-32)16-27(24-8-7-22(29)15-26(24)31)35-17-20-5-6-21(28)14-25(20)30;/h2-10,13-15,18,27H,11-12,16-17H2,1H3;1H/q+1;/p-1. The fourth-order valence-electron chi connectivity index (χ4n) is 3.68. The first-order valence-electron chi connectivity index (χ1n) is 11.1. The quantitative estimate of drug-likeness (QED) is 0.237. The van der Waals surface area contributed by atoms with Gasteiger partial charge in [-0.3, -0.25) is 0 Å². The predicted molar refractivity (Wildman–Crippen MR) is 142 cm³/mol. The Morgan fingerprint density at radius 2 is 1.67 bits per heavy atom. The van der Waals surface area contributed by atoms with Gasteiger partial charge in [0.15, 0.2) is 0 Å². The van der Waals surface area contributed by atoms with Crippen molar-refractivity contribution in [2.75, 3.05) is 6.61 Å². The lowest BCUT2D eigenvalue weighted by Gasteiger charge is -2.19. The topological polar surface area (TPSA) is 27.3 Å². The van der Waals surface area contributed by atoms with E-state index in [2.05, 4.69) is 9.13 Å². The lowest BCUT2D eigenvalue weighted by Crippen LogP contribution is -3.00. The molecule has 190 valence electrons. The van der Waals surface area contributed by atoms with Crippen LogP contribution in [-0.2, 0) is 24.4 Å². The van der Waals surface area contributed by atoms with Crippen molar-refractivity contribution in [2.45, 2.75) is 32.7 Å². The third kappa shape index (κ3) is 8.14. The summed E-state index contributed by atoms with van der Waals surface area (Å²) in [4.78, 5) is 0. The second-order valence-electron chi connectivity index (χ2n) is 8.21. The van der Waals surface area contributed by atoms with Crippen molar-refractivity contribution in [3.05, 3.63) is 116 Å². The Labute approximate surface area is 242 Å². The van der Waals surface area contributed by atoms with Gasteiger partial charge in [-0.25, -0.2) is 9.13 Å². The number of halogens is 5. The molecule has 4 aromatic rings. The first kappa shape index (κ1) is 28.8. The molecule has 1 heterocycles. The maximum Gasteiger partial charge on any atom is 0.243 e. The molecule has 0 saturated heterocycles. The Morgan fingerprint density at radius 1 is 0.917 bits per heavy atom. The number of benzene rings is 3. The van der Waals surface area contributed by atoms with Crippen LogP contribution in [0.4, 0.5) is 0 Å². The smallest absolute Gasteiger partial charge is 0.243 e. The van der Waals surface area contributed by atoms with Gasteiger partial charge in [-0.15, -0.1) is 0 Å². The van der Waals surface area contributed by atoms with Crippen molar-refractivity contribution in [1.29, 1.82) is 0 Å². The van der Waals surface area contributed by atoms with Crippen LogP contribution < -0.4 is 26.3 Å². The number of ether oxygens (including phenoxy) is 2. The molecule has 0 fully saturated rings. The average Bonchev–Trinajstić information content (AvgIpc) is 3.25. The fourth-order valence-corrected chi connectivity index (χ4v) is 4.67. The minimum Gasteiger partial charge on any atom is -1.00 e. The molecule has 0 aliphatic heterocycles. The number of rotatable bonds is 10. The molecule has 0 saturated carbocycles. The molecular formula is C27H25BrCl4N2O2. The van der Waals surface area contributed by atoms with E-state index >= 15 is 0 Å². The van der Waals surface area contributed by atoms with Crippen LogP contribution in [0.15, 0.2) is 79.4 Å². The molecule has 1 aromatic heterocycles. The van der Waals surface area contributed by atoms with E-state index in [0.717, 1.165) is 16.9 Å². The highest BCUT2D eigenvalue weighted by Gasteiger charge is 2.20. The minimum atomic E-state index is -0.323. The SMILES string of the molecule is Cc1cccc(OCCn2cc[n+](CC(OCc3ccc(Cl)cc3Cl)c3ccc(Cl)cc3Cl)c2)c1.[Br-]. The first-order valence-corrected chi connectivity index (χ1v) is 12.6. The van der Waals surface area contributed by atoms with Gasteiger partial charge in [0, 0.05) is 25.7 Å². The van der Waals surface area contributed by atoms with Crippen LogP contribution in [0.1, 0.15) is 22.8 Å². The normalized spacial score (nSPS) is 11.7. The monoisotopic (exact) mass is 628 g/mol. The van der Waals surface area contributed by atoms with Gasteiger partial charge in [0.05, 0.1) is 6.61 Å². The fraction of sp³-hybridized carbons (Fsp3) is 0.222. The van der Waals surface area contributed by atoms with Gasteiger partial charge < -0.3 is 26.5 Å². The summed E-state index contributed by atoms with van der Waals surface area (Å²) >= 11 is 25.0. The van der Waals surface area contributed by atoms with Crippen molar-refractivity contribution >= 4 is 46.4 Å². The van der Waals surface area contributed by atoms with E-state index < -0.39 is 0 Å². The average molecular weight is 631 g/mol. The predicted octanol–water partition coefficient (Wildman–Crippen LogP) is 4.74. The van der Waals surface area contributed by atoms with E-state index in [1.807, 2.05) is 68.1 Å². The van der Waals surface area contributed by atoms with E-state index in [4.69, 9.17) is 55.9 Å². The van der Waals surface area contributed by atoms with E-state index in [9.17, 15) is 0 Å². The Balaban J connectivity index is 0.00000361. The lowest BCUT2D eigenvalue weighted by atomic mass is 10.1. The van der Waals surface area contributed by atoms with E-state index in [1.165, 1.54) is 5.56 Å². The molecule has 3 aromatic carbocycles. The van der Waals surface area contributed by atoms with Crippen LogP contribution in [0.3, 0.4) is 0 Å². The number of imidazole rings is 1. The zero-order chi connectivity index (χ0) is 24.8. The molecule has 0 radical (unpaired) electrons. The Hall–Kier alpha value is -1.73. The Bertz CT molecular complexity index is 1300. The molecule has 4 rings (SSSR count). The Kier molecular flexibility index (Phi) is 11.0. The van der Waals surface area contributed by atoms with Crippen molar-refractivity contribution < 1.29 is 31.0 Å². The van der Waals surface area contributed by atoms with Crippen molar-refractivity contribution in [3.8, 4) is 5.75 Å². The summed E-state index contributed by atoms with van der Waals surface area (Å²) in [5.74, 6) is 0.872. The van der Waals surface area contributed by atoms with Gasteiger partial charge in [-0.05, 0) is 54.4 Å². The summed E-state index contributed by atoms with van der Waals surface area (Å²) in [5.41, 5.74) is 2.87. The van der Waals surface area contributed by atoms with Gasteiger partial charge >= 0.3 is 0 Å². The minimum absolute atomic E-state index is 0. The third-order valence-corrected chi connectivity index (χ3v) is 6.64. The molecule has 4 nitrogen and oxygen atoms in total. The highest BCUT2D eigenvalue weighted by molar-refractivity contribution is 6.35. The third-order valence-electron chi connectivity index (χ3n) is 5.50. The zero-order valence-electron chi connectivity index (χ0n) is 19.5. The number of hydrogen-bond donors (Lipinski definition) is 0. The van der Waals surface area contributed by atoms with Gasteiger partial charge in [-0.2, -0.15) is 0 Å². The van der Waals surface area contributed by atoms with Crippen molar-refractivity contribution in [2.24, 2.45) is 0 Å². The largest absolute Gasteiger partial charge is 1.00 e. The molecule has 0 aliphatic carbocycles. The maximum atomic E-state index is 6.53. The van der Waals surface area contributed by atoms with E-state index in [0.29, 0.717) is 46.4 Å². The molecule has 0 amide bonds. The molecule has 9 heteroatoms. The van der Waals surface area contributed by atoms with E-state index in [1.54, 1.807) is 18.2 Å². The van der Waals surface area contributed by atoms with Gasteiger partial charge in [-0.1, -0.05) is 70.7 Å². The molecule has 36 heavy (non-hydrogen) atoms. The Morgan fingerprint density at radius 3 is 2.39 bits per heavy atom. The lowest BCUT2D eigenvalue weighted by molar-refractivity contribution is -0.704. The van der Waals surface area contributed by atoms with E-state index in [-0.39, 0.29) is 23.1 Å². The van der Waals surface area contributed by atoms with Crippen molar-refractivity contribution in [3.63, 3.8) is 0 Å². The van der Waals surface area contributed by atoms with Crippen LogP contribution in [-0.4, -0.2) is 11.2 Å². The summed E-state index contributed by atoms with van der Waals surface area (Å²) in [7, 11) is 0. The summed E-state index contributed by atoms with van der Waals surface area (Å²) < 4.78 is 16.3. The number of nitrogens with zero attached hydrogens (tertiary/aromatic N) is 2. The zero-order valence-corrected chi connectivity index (χ0v) is 24.1. The molecule has 0 bridgehead atoms. The highest BCUT2D eigenvalue weighted by Crippen LogP contribution is 2.31. The highest BCUT2D eigenvalue weighted by atomic mass is 79.9. The molecule has 1 atom stereocenters. The maximum absolute atomic E-state index is 6.53. The summed E-state index contributed by atoms with van der Waals surface area (Å²) in [6.07, 6.45) is 5.71. The summed E-state index contributed by atoms with van der Waals surface area (Å²) in [5, 5.41) is 2.27. The summed E-state index contributed by atoms with van der Waals surface area (Å²) in [6, 6.07) is 18.8. The second kappa shape index (κ2) is 13.7.